The zero-order valence-electron chi connectivity index (χ0n) is 24.4. The molecule has 6 aromatic rings. The highest BCUT2D eigenvalue weighted by Gasteiger charge is 2.28. The Balaban J connectivity index is 1.25. The van der Waals surface area contributed by atoms with Gasteiger partial charge in [-0.2, -0.15) is 0 Å². The highest BCUT2D eigenvalue weighted by atomic mass is 16.4. The van der Waals surface area contributed by atoms with Crippen molar-refractivity contribution < 1.29 is 14.5 Å². The summed E-state index contributed by atoms with van der Waals surface area (Å²) in [5.41, 5.74) is 10.4. The first-order chi connectivity index (χ1) is 21.0. The molecule has 7 rings (SSSR count). The van der Waals surface area contributed by atoms with Gasteiger partial charge in [-0.05, 0) is 95.0 Å². The van der Waals surface area contributed by atoms with E-state index in [-0.39, 0.29) is 0 Å². The highest BCUT2D eigenvalue weighted by Crippen LogP contribution is 2.45. The Labute approximate surface area is 253 Å². The predicted octanol–water partition coefficient (Wildman–Crippen LogP) is 8.92. The first kappa shape index (κ1) is 27.3. The lowest BCUT2D eigenvalue weighted by molar-refractivity contribution is 0.425. The van der Waals surface area contributed by atoms with Crippen LogP contribution in [0.4, 0.5) is 17.1 Å². The van der Waals surface area contributed by atoms with Crippen LogP contribution in [0.15, 0.2) is 126 Å². The zero-order valence-corrected chi connectivity index (χ0v) is 24.4. The number of hydrogen-bond acceptors (Lipinski definition) is 4. The van der Waals surface area contributed by atoms with E-state index in [1.807, 2.05) is 30.3 Å². The number of anilines is 3. The molecule has 2 unspecified atom stereocenters. The second-order valence-corrected chi connectivity index (χ2v) is 11.7. The van der Waals surface area contributed by atoms with Crippen LogP contribution in [0.25, 0.3) is 33.2 Å². The second-order valence-electron chi connectivity index (χ2n) is 11.7. The first-order valence-electron chi connectivity index (χ1n) is 15.0. The van der Waals surface area contributed by atoms with Crippen molar-refractivity contribution in [1.82, 2.24) is 0 Å². The van der Waals surface area contributed by atoms with E-state index in [0.29, 0.717) is 17.3 Å². The largest absolute Gasteiger partial charge is 0.488 e. The van der Waals surface area contributed by atoms with Crippen LogP contribution in [0.2, 0.25) is 0 Å². The normalized spacial score (nSPS) is 16.2. The van der Waals surface area contributed by atoms with Crippen molar-refractivity contribution in [2.24, 2.45) is 0 Å². The van der Waals surface area contributed by atoms with E-state index in [9.17, 15) is 10.0 Å². The summed E-state index contributed by atoms with van der Waals surface area (Å²) in [6, 6.07) is 41.4. The summed E-state index contributed by atoms with van der Waals surface area (Å²) in [5.74, 6) is 2.13. The maximum Gasteiger partial charge on any atom is 0.488 e. The van der Waals surface area contributed by atoms with Crippen molar-refractivity contribution in [1.29, 1.82) is 0 Å². The molecule has 2 atom stereocenters. The van der Waals surface area contributed by atoms with Gasteiger partial charge in [-0.25, -0.2) is 0 Å². The number of furan rings is 1. The standard InChI is InChI=1S/C38H34BNO3/c1-25-8-9-26(2)38-37(25)35-24-30(14-23-36(35)43-38)29-12-19-33(20-13-29)40(34-21-15-31(16-22-34)39(41)42)32-17-10-28(11-18-32)27-6-4-3-5-7-27/h3-7,10-26,41-42H,8-9H2,1-2H3. The minimum Gasteiger partial charge on any atom is -0.460 e. The van der Waals surface area contributed by atoms with Crippen LogP contribution in [-0.4, -0.2) is 17.2 Å². The SMILES string of the molecule is CC1CCC(C)c2c1oc1ccc(-c3ccc(N(c4ccc(B(O)O)cc4)c4ccc(-c5ccccc5)cc4)cc3)cc21. The van der Waals surface area contributed by atoms with Gasteiger partial charge in [0.2, 0.25) is 0 Å². The summed E-state index contributed by atoms with van der Waals surface area (Å²) in [6.07, 6.45) is 2.37. The van der Waals surface area contributed by atoms with Crippen molar-refractivity contribution in [3.05, 3.63) is 133 Å². The van der Waals surface area contributed by atoms with Crippen LogP contribution in [0.5, 0.6) is 0 Å². The number of rotatable bonds is 6. The Hall–Kier alpha value is -4.58. The molecule has 0 aliphatic heterocycles. The lowest BCUT2D eigenvalue weighted by Gasteiger charge is -2.26. The van der Waals surface area contributed by atoms with Gasteiger partial charge in [-0.3, -0.25) is 0 Å². The van der Waals surface area contributed by atoms with Gasteiger partial charge in [0.15, 0.2) is 0 Å². The van der Waals surface area contributed by atoms with Crippen LogP contribution in [0.1, 0.15) is 49.8 Å². The van der Waals surface area contributed by atoms with Gasteiger partial charge < -0.3 is 19.4 Å². The number of fused-ring (bicyclic) bond motifs is 3. The Morgan fingerprint density at radius 1 is 0.605 bits per heavy atom. The minimum atomic E-state index is -1.50. The third-order valence-corrected chi connectivity index (χ3v) is 8.87. The molecule has 2 N–H and O–H groups in total. The highest BCUT2D eigenvalue weighted by molar-refractivity contribution is 6.58. The molecule has 4 nitrogen and oxygen atoms in total. The molecule has 1 heterocycles. The molecule has 0 radical (unpaired) electrons. The summed E-state index contributed by atoms with van der Waals surface area (Å²) in [6.45, 7) is 4.59. The van der Waals surface area contributed by atoms with Gasteiger partial charge in [0.1, 0.15) is 11.3 Å². The molecular weight excluding hydrogens is 529 g/mol. The van der Waals surface area contributed by atoms with E-state index in [2.05, 4.69) is 97.6 Å². The average Bonchev–Trinajstić information content (AvgIpc) is 3.45. The fourth-order valence-corrected chi connectivity index (χ4v) is 6.44. The molecule has 0 spiro atoms. The van der Waals surface area contributed by atoms with Gasteiger partial charge in [0, 0.05) is 33.9 Å². The first-order valence-corrected chi connectivity index (χ1v) is 15.0. The fourth-order valence-electron chi connectivity index (χ4n) is 6.44. The molecule has 5 heteroatoms. The van der Waals surface area contributed by atoms with Gasteiger partial charge in [0.05, 0.1) is 0 Å². The van der Waals surface area contributed by atoms with E-state index in [1.165, 1.54) is 34.9 Å². The van der Waals surface area contributed by atoms with Crippen molar-refractivity contribution in [2.75, 3.05) is 4.90 Å². The van der Waals surface area contributed by atoms with E-state index in [1.54, 1.807) is 12.1 Å². The smallest absolute Gasteiger partial charge is 0.460 e. The van der Waals surface area contributed by atoms with E-state index < -0.39 is 7.12 Å². The molecule has 0 fully saturated rings. The monoisotopic (exact) mass is 563 g/mol. The predicted molar refractivity (Wildman–Crippen MR) is 178 cm³/mol. The van der Waals surface area contributed by atoms with Gasteiger partial charge >= 0.3 is 7.12 Å². The molecule has 1 aliphatic carbocycles. The van der Waals surface area contributed by atoms with E-state index in [4.69, 9.17) is 4.42 Å². The fraction of sp³-hybridized carbons (Fsp3) is 0.158. The summed E-state index contributed by atoms with van der Waals surface area (Å²) >= 11 is 0. The third kappa shape index (κ3) is 5.16. The van der Waals surface area contributed by atoms with Crippen molar-refractivity contribution in [2.45, 2.75) is 38.5 Å². The molecule has 0 amide bonds. The van der Waals surface area contributed by atoms with E-state index >= 15 is 0 Å². The van der Waals surface area contributed by atoms with Crippen LogP contribution in [-0.2, 0) is 0 Å². The average molecular weight is 564 g/mol. The van der Waals surface area contributed by atoms with Crippen molar-refractivity contribution >= 4 is 40.6 Å². The van der Waals surface area contributed by atoms with Gasteiger partial charge in [-0.15, -0.1) is 0 Å². The molecule has 1 aromatic heterocycles. The molecule has 212 valence electrons. The summed E-state index contributed by atoms with van der Waals surface area (Å²) < 4.78 is 6.33. The molecule has 0 saturated heterocycles. The lowest BCUT2D eigenvalue weighted by Crippen LogP contribution is -2.29. The summed E-state index contributed by atoms with van der Waals surface area (Å²) in [5, 5.41) is 20.5. The maximum atomic E-state index is 9.65. The Morgan fingerprint density at radius 3 is 1.72 bits per heavy atom. The van der Waals surface area contributed by atoms with Crippen LogP contribution >= 0.6 is 0 Å². The van der Waals surface area contributed by atoms with Gasteiger partial charge in [0.25, 0.3) is 0 Å². The Morgan fingerprint density at radius 2 is 1.12 bits per heavy atom. The molecule has 0 saturated carbocycles. The molecule has 5 aromatic carbocycles. The Kier molecular flexibility index (Phi) is 7.14. The summed E-state index contributed by atoms with van der Waals surface area (Å²) in [4.78, 5) is 2.19. The molecular formula is C38H34BNO3. The van der Waals surface area contributed by atoms with E-state index in [0.717, 1.165) is 39.5 Å². The molecule has 0 bridgehead atoms. The Bertz CT molecular complexity index is 1860. The lowest BCUT2D eigenvalue weighted by atomic mass is 9.80. The third-order valence-electron chi connectivity index (χ3n) is 8.87. The maximum absolute atomic E-state index is 9.65. The summed E-state index contributed by atoms with van der Waals surface area (Å²) in [7, 11) is -1.50. The number of nitrogens with zero attached hydrogens (tertiary/aromatic N) is 1. The second kappa shape index (κ2) is 11.3. The quantitative estimate of drug-likeness (QED) is 0.199. The topological polar surface area (TPSA) is 56.8 Å². The molecule has 1 aliphatic rings. The van der Waals surface area contributed by atoms with Crippen LogP contribution < -0.4 is 10.4 Å². The van der Waals surface area contributed by atoms with Crippen molar-refractivity contribution in [3.8, 4) is 22.3 Å². The van der Waals surface area contributed by atoms with Crippen molar-refractivity contribution in [3.63, 3.8) is 0 Å². The minimum absolute atomic E-state index is 0.457. The van der Waals surface area contributed by atoms with Crippen LogP contribution in [0, 0.1) is 0 Å². The number of hydrogen-bond donors (Lipinski definition) is 2. The zero-order chi connectivity index (χ0) is 29.5. The van der Waals surface area contributed by atoms with Crippen LogP contribution in [0.3, 0.4) is 0 Å². The molecule has 43 heavy (non-hydrogen) atoms. The number of benzene rings is 5. The van der Waals surface area contributed by atoms with Gasteiger partial charge in [-0.1, -0.05) is 86.6 Å².